The van der Waals surface area contributed by atoms with E-state index in [4.69, 9.17) is 4.42 Å². The van der Waals surface area contributed by atoms with Crippen LogP contribution in [0.4, 0.5) is 0 Å². The predicted octanol–water partition coefficient (Wildman–Crippen LogP) is 2.60. The van der Waals surface area contributed by atoms with Gasteiger partial charge < -0.3 is 9.73 Å². The number of hydrogen-bond donors (Lipinski definition) is 2. The molecular formula is C18H24N2O4S. The first-order chi connectivity index (χ1) is 11.8. The molecule has 0 radical (unpaired) electrons. The Balaban J connectivity index is 2.10. The van der Waals surface area contributed by atoms with Gasteiger partial charge in [-0.2, -0.15) is 4.72 Å². The third-order valence-corrected chi connectivity index (χ3v) is 5.16. The van der Waals surface area contributed by atoms with Crippen molar-refractivity contribution in [1.29, 1.82) is 0 Å². The van der Waals surface area contributed by atoms with Gasteiger partial charge in [0.05, 0.1) is 17.7 Å². The number of benzene rings is 1. The number of aryl methyl sites for hydroxylation is 1. The first-order valence-corrected chi connectivity index (χ1v) is 9.65. The van der Waals surface area contributed by atoms with Gasteiger partial charge in [-0.15, -0.1) is 0 Å². The summed E-state index contributed by atoms with van der Waals surface area (Å²) in [6, 6.07) is 9.14. The maximum absolute atomic E-state index is 12.6. The zero-order chi connectivity index (χ0) is 18.4. The van der Waals surface area contributed by atoms with E-state index in [-0.39, 0.29) is 23.3 Å². The molecule has 0 spiro atoms. The summed E-state index contributed by atoms with van der Waals surface area (Å²) >= 11 is 0. The number of rotatable bonds is 8. The number of nitrogens with one attached hydrogen (secondary N) is 2. The molecule has 1 amide bonds. The molecule has 0 fully saturated rings. The Morgan fingerprint density at radius 1 is 1.16 bits per heavy atom. The third kappa shape index (κ3) is 5.72. The van der Waals surface area contributed by atoms with Crippen LogP contribution in [0.25, 0.3) is 0 Å². The molecule has 0 saturated heterocycles. The Hall–Kier alpha value is -2.12. The molecule has 1 aromatic heterocycles. The lowest BCUT2D eigenvalue weighted by Gasteiger charge is -2.20. The molecule has 0 aliphatic rings. The molecule has 25 heavy (non-hydrogen) atoms. The fourth-order valence-electron chi connectivity index (χ4n) is 2.36. The molecule has 1 atom stereocenters. The van der Waals surface area contributed by atoms with Crippen molar-refractivity contribution in [2.24, 2.45) is 5.92 Å². The SMILES string of the molecule is Cc1ccc(S(=O)(=O)N[C@@H](CC(C)C)C(=O)NCc2ccco2)cc1. The molecule has 0 aliphatic carbocycles. The van der Waals surface area contributed by atoms with Crippen LogP contribution >= 0.6 is 0 Å². The second-order valence-electron chi connectivity index (χ2n) is 6.41. The smallest absolute Gasteiger partial charge is 0.241 e. The summed E-state index contributed by atoms with van der Waals surface area (Å²) in [7, 11) is -3.77. The highest BCUT2D eigenvalue weighted by Gasteiger charge is 2.26. The lowest BCUT2D eigenvalue weighted by molar-refractivity contribution is -0.123. The van der Waals surface area contributed by atoms with Gasteiger partial charge in [0.15, 0.2) is 0 Å². The molecular weight excluding hydrogens is 340 g/mol. The predicted molar refractivity (Wildman–Crippen MR) is 95.3 cm³/mol. The molecule has 1 aromatic carbocycles. The van der Waals surface area contributed by atoms with Gasteiger partial charge in [-0.3, -0.25) is 4.79 Å². The van der Waals surface area contributed by atoms with E-state index < -0.39 is 16.1 Å². The summed E-state index contributed by atoms with van der Waals surface area (Å²) < 4.78 is 32.8. The van der Waals surface area contributed by atoms with Gasteiger partial charge in [-0.25, -0.2) is 8.42 Å². The number of hydrogen-bond acceptors (Lipinski definition) is 4. The van der Waals surface area contributed by atoms with Gasteiger partial charge >= 0.3 is 0 Å². The van der Waals surface area contributed by atoms with E-state index in [2.05, 4.69) is 10.0 Å². The van der Waals surface area contributed by atoms with E-state index in [1.165, 1.54) is 18.4 Å². The first kappa shape index (κ1) is 19.2. The van der Waals surface area contributed by atoms with Crippen molar-refractivity contribution in [1.82, 2.24) is 10.0 Å². The Kier molecular flexibility index (Phi) is 6.39. The Bertz CT molecular complexity index is 781. The van der Waals surface area contributed by atoms with Crippen LogP contribution < -0.4 is 10.0 Å². The standard InChI is InChI=1S/C18H24N2O4S/c1-13(2)11-17(18(21)19-12-15-5-4-10-24-15)20-25(22,23)16-8-6-14(3)7-9-16/h4-10,13,17,20H,11-12H2,1-3H3,(H,19,21)/t17-/m0/s1. The molecule has 0 aliphatic heterocycles. The number of furan rings is 1. The minimum Gasteiger partial charge on any atom is -0.467 e. The van der Waals surface area contributed by atoms with Crippen molar-refractivity contribution in [2.75, 3.05) is 0 Å². The summed E-state index contributed by atoms with van der Waals surface area (Å²) in [6.45, 7) is 5.97. The average Bonchev–Trinajstić information content (AvgIpc) is 3.05. The van der Waals surface area contributed by atoms with Crippen LogP contribution in [0.1, 0.15) is 31.6 Å². The molecule has 136 valence electrons. The lowest BCUT2D eigenvalue weighted by Crippen LogP contribution is -2.47. The third-order valence-electron chi connectivity index (χ3n) is 3.67. The summed E-state index contributed by atoms with van der Waals surface area (Å²) in [5, 5.41) is 2.71. The monoisotopic (exact) mass is 364 g/mol. The van der Waals surface area contributed by atoms with Crippen molar-refractivity contribution < 1.29 is 17.6 Å². The van der Waals surface area contributed by atoms with Crippen LogP contribution in [0, 0.1) is 12.8 Å². The number of carbonyl (C=O) groups excluding carboxylic acids is 1. The second-order valence-corrected chi connectivity index (χ2v) is 8.13. The zero-order valence-corrected chi connectivity index (χ0v) is 15.5. The second kappa shape index (κ2) is 8.31. The van der Waals surface area contributed by atoms with Crippen molar-refractivity contribution in [3.05, 3.63) is 54.0 Å². The zero-order valence-electron chi connectivity index (χ0n) is 14.7. The maximum Gasteiger partial charge on any atom is 0.241 e. The van der Waals surface area contributed by atoms with Gasteiger partial charge in [0.25, 0.3) is 0 Å². The van der Waals surface area contributed by atoms with Gasteiger partial charge in [0, 0.05) is 0 Å². The summed E-state index contributed by atoms with van der Waals surface area (Å²) in [4.78, 5) is 12.6. The highest BCUT2D eigenvalue weighted by Crippen LogP contribution is 2.13. The number of carbonyl (C=O) groups is 1. The van der Waals surface area contributed by atoms with Crippen molar-refractivity contribution >= 4 is 15.9 Å². The molecule has 0 bridgehead atoms. The summed E-state index contributed by atoms with van der Waals surface area (Å²) in [5.74, 6) is 0.388. The van der Waals surface area contributed by atoms with Crippen LogP contribution in [0.3, 0.4) is 0 Å². The quantitative estimate of drug-likeness (QED) is 0.753. The van der Waals surface area contributed by atoms with Crippen molar-refractivity contribution in [3.63, 3.8) is 0 Å². The Morgan fingerprint density at radius 2 is 1.84 bits per heavy atom. The average molecular weight is 364 g/mol. The number of sulfonamides is 1. The van der Waals surface area contributed by atoms with Gasteiger partial charge in [0.1, 0.15) is 11.8 Å². The molecule has 2 N–H and O–H groups in total. The van der Waals surface area contributed by atoms with Gasteiger partial charge in [-0.1, -0.05) is 31.5 Å². The topological polar surface area (TPSA) is 88.4 Å². The van der Waals surface area contributed by atoms with E-state index in [0.29, 0.717) is 12.2 Å². The van der Waals surface area contributed by atoms with Crippen molar-refractivity contribution in [3.8, 4) is 0 Å². The maximum atomic E-state index is 12.6. The van der Waals surface area contributed by atoms with Gasteiger partial charge in [-0.05, 0) is 43.5 Å². The Morgan fingerprint density at radius 3 is 2.40 bits per heavy atom. The molecule has 2 rings (SSSR count). The largest absolute Gasteiger partial charge is 0.467 e. The van der Waals surface area contributed by atoms with Crippen LogP contribution in [-0.4, -0.2) is 20.4 Å². The Labute approximate surface area is 148 Å². The minimum absolute atomic E-state index is 0.144. The summed E-state index contributed by atoms with van der Waals surface area (Å²) in [6.07, 6.45) is 1.92. The first-order valence-electron chi connectivity index (χ1n) is 8.17. The fraction of sp³-hybridized carbons (Fsp3) is 0.389. The van der Waals surface area contributed by atoms with Crippen LogP contribution in [-0.2, 0) is 21.4 Å². The fourth-order valence-corrected chi connectivity index (χ4v) is 3.57. The van der Waals surface area contributed by atoms with E-state index in [9.17, 15) is 13.2 Å². The molecule has 0 unspecified atom stereocenters. The number of amides is 1. The van der Waals surface area contributed by atoms with E-state index >= 15 is 0 Å². The molecule has 0 saturated carbocycles. The normalized spacial score (nSPS) is 13.0. The van der Waals surface area contributed by atoms with E-state index in [1.807, 2.05) is 20.8 Å². The lowest BCUT2D eigenvalue weighted by atomic mass is 10.0. The molecule has 1 heterocycles. The van der Waals surface area contributed by atoms with E-state index in [1.54, 1.807) is 24.3 Å². The van der Waals surface area contributed by atoms with Gasteiger partial charge in [0.2, 0.25) is 15.9 Å². The molecule has 6 nitrogen and oxygen atoms in total. The molecule has 2 aromatic rings. The van der Waals surface area contributed by atoms with Crippen LogP contribution in [0.2, 0.25) is 0 Å². The minimum atomic E-state index is -3.77. The summed E-state index contributed by atoms with van der Waals surface area (Å²) in [5.41, 5.74) is 0.967. The highest BCUT2D eigenvalue weighted by atomic mass is 32.2. The van der Waals surface area contributed by atoms with Crippen LogP contribution in [0.5, 0.6) is 0 Å². The highest BCUT2D eigenvalue weighted by molar-refractivity contribution is 7.89. The molecule has 7 heteroatoms. The van der Waals surface area contributed by atoms with E-state index in [0.717, 1.165) is 5.56 Å². The van der Waals surface area contributed by atoms with Crippen molar-refractivity contribution in [2.45, 2.75) is 44.7 Å². The van der Waals surface area contributed by atoms with Crippen LogP contribution in [0.15, 0.2) is 52.0 Å².